The molecule has 0 radical (unpaired) electrons. The lowest BCUT2D eigenvalue weighted by molar-refractivity contribution is -0.150. The second-order valence-corrected chi connectivity index (χ2v) is 6.65. The van der Waals surface area contributed by atoms with Crippen LogP contribution in [-0.2, 0) is 9.53 Å². The standard InChI is InChI=1S/C24H20O5/c1-3-27-24(26)15(2)28-21-11-7-10-18-17(21)12-13-19-20(14-22(25)29-23(18)19)16-8-5-4-6-9-16/h4-15H,3H2,1-2H3. The fourth-order valence-electron chi connectivity index (χ4n) is 3.41. The summed E-state index contributed by atoms with van der Waals surface area (Å²) >= 11 is 0. The van der Waals surface area contributed by atoms with E-state index < -0.39 is 17.7 Å². The van der Waals surface area contributed by atoms with E-state index in [9.17, 15) is 9.59 Å². The van der Waals surface area contributed by atoms with Crippen molar-refractivity contribution in [3.8, 4) is 16.9 Å². The Labute approximate surface area is 167 Å². The molecule has 0 fully saturated rings. The first-order chi connectivity index (χ1) is 14.1. The van der Waals surface area contributed by atoms with Gasteiger partial charge >= 0.3 is 11.6 Å². The van der Waals surface area contributed by atoms with Crippen LogP contribution in [0.3, 0.4) is 0 Å². The first-order valence-electron chi connectivity index (χ1n) is 9.46. The molecule has 0 aliphatic rings. The van der Waals surface area contributed by atoms with Gasteiger partial charge in [-0.25, -0.2) is 9.59 Å². The predicted octanol–water partition coefficient (Wildman–Crippen LogP) is 4.94. The highest BCUT2D eigenvalue weighted by atomic mass is 16.6. The molecular weight excluding hydrogens is 368 g/mol. The molecule has 4 aromatic rings. The second-order valence-electron chi connectivity index (χ2n) is 6.65. The fourth-order valence-corrected chi connectivity index (χ4v) is 3.41. The lowest BCUT2D eigenvalue weighted by Crippen LogP contribution is -2.26. The van der Waals surface area contributed by atoms with Crippen molar-refractivity contribution in [3.05, 3.63) is 77.2 Å². The van der Waals surface area contributed by atoms with Crippen LogP contribution in [0.5, 0.6) is 5.75 Å². The molecule has 0 spiro atoms. The molecule has 0 bridgehead atoms. The maximum atomic E-state index is 12.3. The van der Waals surface area contributed by atoms with Crippen molar-refractivity contribution in [2.45, 2.75) is 20.0 Å². The van der Waals surface area contributed by atoms with Gasteiger partial charge in [0.05, 0.1) is 6.61 Å². The quantitative estimate of drug-likeness (QED) is 0.275. The Hall–Kier alpha value is -3.60. The Balaban J connectivity index is 1.88. The third kappa shape index (κ3) is 3.59. The van der Waals surface area contributed by atoms with Crippen molar-refractivity contribution in [2.24, 2.45) is 0 Å². The zero-order valence-corrected chi connectivity index (χ0v) is 16.2. The van der Waals surface area contributed by atoms with E-state index in [2.05, 4.69) is 0 Å². The van der Waals surface area contributed by atoms with E-state index in [-0.39, 0.29) is 0 Å². The van der Waals surface area contributed by atoms with Gasteiger partial charge in [0.15, 0.2) is 6.10 Å². The van der Waals surface area contributed by atoms with E-state index in [1.807, 2.05) is 54.6 Å². The molecule has 5 heteroatoms. The van der Waals surface area contributed by atoms with Gasteiger partial charge in [0.1, 0.15) is 11.3 Å². The third-order valence-electron chi connectivity index (χ3n) is 4.73. The minimum absolute atomic E-state index is 0.292. The van der Waals surface area contributed by atoms with Crippen LogP contribution < -0.4 is 10.4 Å². The number of benzene rings is 3. The molecule has 3 aromatic carbocycles. The molecule has 1 aromatic heterocycles. The highest BCUT2D eigenvalue weighted by Crippen LogP contribution is 2.35. The molecule has 146 valence electrons. The zero-order valence-electron chi connectivity index (χ0n) is 16.2. The summed E-state index contributed by atoms with van der Waals surface area (Å²) in [4.78, 5) is 24.2. The monoisotopic (exact) mass is 388 g/mol. The molecule has 1 atom stereocenters. The van der Waals surface area contributed by atoms with Crippen LogP contribution in [0.2, 0.25) is 0 Å². The van der Waals surface area contributed by atoms with E-state index in [1.165, 1.54) is 6.07 Å². The fraction of sp³-hybridized carbons (Fsp3) is 0.167. The van der Waals surface area contributed by atoms with Crippen molar-refractivity contribution in [2.75, 3.05) is 6.61 Å². The molecule has 0 aliphatic carbocycles. The molecule has 0 saturated carbocycles. The third-order valence-corrected chi connectivity index (χ3v) is 4.73. The van der Waals surface area contributed by atoms with E-state index in [0.717, 1.165) is 27.3 Å². The first kappa shape index (κ1) is 18.7. The highest BCUT2D eigenvalue weighted by Gasteiger charge is 2.18. The van der Waals surface area contributed by atoms with Gasteiger partial charge in [0.25, 0.3) is 0 Å². The Morgan fingerprint density at radius 2 is 1.72 bits per heavy atom. The van der Waals surface area contributed by atoms with Crippen LogP contribution >= 0.6 is 0 Å². The molecule has 0 N–H and O–H groups in total. The van der Waals surface area contributed by atoms with Crippen molar-refractivity contribution >= 4 is 27.7 Å². The molecule has 1 heterocycles. The Morgan fingerprint density at radius 3 is 2.48 bits per heavy atom. The molecule has 5 nitrogen and oxygen atoms in total. The van der Waals surface area contributed by atoms with E-state index >= 15 is 0 Å². The zero-order chi connectivity index (χ0) is 20.4. The van der Waals surface area contributed by atoms with Crippen LogP contribution in [0.25, 0.3) is 32.9 Å². The van der Waals surface area contributed by atoms with Gasteiger partial charge in [-0.2, -0.15) is 0 Å². The van der Waals surface area contributed by atoms with Gasteiger partial charge in [-0.15, -0.1) is 0 Å². The maximum Gasteiger partial charge on any atom is 0.347 e. The smallest absolute Gasteiger partial charge is 0.347 e. The summed E-state index contributed by atoms with van der Waals surface area (Å²) in [7, 11) is 0. The van der Waals surface area contributed by atoms with Gasteiger partial charge in [-0.05, 0) is 43.2 Å². The summed E-state index contributed by atoms with van der Waals surface area (Å²) < 4.78 is 16.4. The maximum absolute atomic E-state index is 12.3. The van der Waals surface area contributed by atoms with Gasteiger partial charge in [-0.3, -0.25) is 0 Å². The van der Waals surface area contributed by atoms with E-state index in [4.69, 9.17) is 13.9 Å². The second kappa shape index (κ2) is 7.80. The molecule has 0 aliphatic heterocycles. The molecule has 4 rings (SSSR count). The van der Waals surface area contributed by atoms with Crippen molar-refractivity contribution < 1.29 is 18.7 Å². The van der Waals surface area contributed by atoms with Crippen molar-refractivity contribution in [1.82, 2.24) is 0 Å². The van der Waals surface area contributed by atoms with Gasteiger partial charge in [-0.1, -0.05) is 42.5 Å². The van der Waals surface area contributed by atoms with Gasteiger partial charge in [0.2, 0.25) is 0 Å². The molecular formula is C24H20O5. The minimum atomic E-state index is -0.751. The molecule has 0 amide bonds. The van der Waals surface area contributed by atoms with Crippen LogP contribution in [0.15, 0.2) is 75.9 Å². The number of carbonyl (C=O) groups is 1. The first-order valence-corrected chi connectivity index (χ1v) is 9.46. The number of ether oxygens (including phenoxy) is 2. The summed E-state index contributed by atoms with van der Waals surface area (Å²) in [6, 6.07) is 20.5. The molecule has 29 heavy (non-hydrogen) atoms. The van der Waals surface area contributed by atoms with E-state index in [1.54, 1.807) is 19.9 Å². The topological polar surface area (TPSA) is 65.7 Å². The Morgan fingerprint density at radius 1 is 0.966 bits per heavy atom. The number of rotatable bonds is 5. The SMILES string of the molecule is CCOC(=O)C(C)Oc1cccc2c1ccc1c(-c3ccccc3)cc(=O)oc12. The van der Waals surface area contributed by atoms with Crippen molar-refractivity contribution in [3.63, 3.8) is 0 Å². The van der Waals surface area contributed by atoms with Crippen LogP contribution in [0.1, 0.15) is 13.8 Å². The number of esters is 1. The van der Waals surface area contributed by atoms with Crippen LogP contribution in [-0.4, -0.2) is 18.7 Å². The van der Waals surface area contributed by atoms with Crippen molar-refractivity contribution in [1.29, 1.82) is 0 Å². The molecule has 0 saturated heterocycles. The number of hydrogen-bond acceptors (Lipinski definition) is 5. The van der Waals surface area contributed by atoms with Gasteiger partial charge in [0, 0.05) is 22.2 Å². The minimum Gasteiger partial charge on any atom is -0.478 e. The average molecular weight is 388 g/mol. The van der Waals surface area contributed by atoms with E-state index in [0.29, 0.717) is 17.9 Å². The number of fused-ring (bicyclic) bond motifs is 3. The predicted molar refractivity (Wildman–Crippen MR) is 112 cm³/mol. The summed E-state index contributed by atoms with van der Waals surface area (Å²) in [5.74, 6) is 0.0981. The summed E-state index contributed by atoms with van der Waals surface area (Å²) in [5, 5.41) is 2.33. The molecule has 1 unspecified atom stereocenters. The Kier molecular flexibility index (Phi) is 5.04. The number of carbonyl (C=O) groups excluding carboxylic acids is 1. The number of hydrogen-bond donors (Lipinski definition) is 0. The summed E-state index contributed by atoms with van der Waals surface area (Å²) in [5.41, 5.74) is 1.82. The van der Waals surface area contributed by atoms with Gasteiger partial charge < -0.3 is 13.9 Å². The highest BCUT2D eigenvalue weighted by molar-refractivity contribution is 6.10. The average Bonchev–Trinajstić information content (AvgIpc) is 2.74. The summed E-state index contributed by atoms with van der Waals surface area (Å²) in [6.07, 6.45) is -0.751. The Bertz CT molecular complexity index is 1240. The summed E-state index contributed by atoms with van der Waals surface area (Å²) in [6.45, 7) is 3.69. The lowest BCUT2D eigenvalue weighted by Gasteiger charge is -2.16. The van der Waals surface area contributed by atoms with Crippen LogP contribution in [0.4, 0.5) is 0 Å². The normalized spacial score (nSPS) is 12.1. The lowest BCUT2D eigenvalue weighted by atomic mass is 9.99. The largest absolute Gasteiger partial charge is 0.478 e. The van der Waals surface area contributed by atoms with Crippen LogP contribution in [0, 0.1) is 0 Å².